The SMILES string of the molecule is C[C@H](I)/C=C(\OC(C)(C)C)[SiH](C)C. The molecule has 0 rings (SSSR count). The smallest absolute Gasteiger partial charge is 0.109 e. The molecule has 0 aliphatic carbocycles. The molecule has 1 atom stereocenters. The van der Waals surface area contributed by atoms with Crippen molar-refractivity contribution in [2.45, 2.75) is 50.3 Å². The Hall–Kier alpha value is 0.487. The lowest BCUT2D eigenvalue weighted by Gasteiger charge is -2.25. The quantitative estimate of drug-likeness (QED) is 0.335. The molecule has 0 fully saturated rings. The monoisotopic (exact) mass is 312 g/mol. The van der Waals surface area contributed by atoms with Gasteiger partial charge in [-0.2, -0.15) is 0 Å². The summed E-state index contributed by atoms with van der Waals surface area (Å²) >= 11 is 2.41. The number of hydrogen-bond donors (Lipinski definition) is 0. The maximum Gasteiger partial charge on any atom is 0.109 e. The van der Waals surface area contributed by atoms with Crippen LogP contribution >= 0.6 is 22.6 Å². The molecule has 0 heterocycles. The molecule has 3 heteroatoms. The summed E-state index contributed by atoms with van der Waals surface area (Å²) in [5, 5.41) is 1.24. The average Bonchev–Trinajstić information content (AvgIpc) is 1.81. The van der Waals surface area contributed by atoms with E-state index < -0.39 is 8.80 Å². The van der Waals surface area contributed by atoms with Gasteiger partial charge in [0.2, 0.25) is 0 Å². The molecular formula is C10H21IOSi. The van der Waals surface area contributed by atoms with Gasteiger partial charge in [-0.25, -0.2) is 0 Å². The minimum Gasteiger partial charge on any atom is -0.498 e. The first-order valence-corrected chi connectivity index (χ1v) is 8.90. The average molecular weight is 312 g/mol. The van der Waals surface area contributed by atoms with E-state index in [1.54, 1.807) is 0 Å². The molecule has 0 radical (unpaired) electrons. The van der Waals surface area contributed by atoms with Crippen molar-refractivity contribution in [2.75, 3.05) is 0 Å². The summed E-state index contributed by atoms with van der Waals surface area (Å²) in [6, 6.07) is 0. The van der Waals surface area contributed by atoms with Gasteiger partial charge in [0.05, 0.1) is 11.0 Å². The van der Waals surface area contributed by atoms with Crippen LogP contribution in [0.4, 0.5) is 0 Å². The van der Waals surface area contributed by atoms with E-state index in [2.05, 4.69) is 69.5 Å². The second-order valence-corrected chi connectivity index (χ2v) is 9.46. The lowest BCUT2D eigenvalue weighted by Crippen LogP contribution is -2.24. The van der Waals surface area contributed by atoms with E-state index in [0.717, 1.165) is 0 Å². The first-order chi connectivity index (χ1) is 5.72. The lowest BCUT2D eigenvalue weighted by molar-refractivity contribution is 0.0654. The number of alkyl halides is 1. The molecule has 0 spiro atoms. The van der Waals surface area contributed by atoms with Gasteiger partial charge in [0.25, 0.3) is 0 Å². The fourth-order valence-electron chi connectivity index (χ4n) is 0.924. The van der Waals surface area contributed by atoms with Gasteiger partial charge >= 0.3 is 0 Å². The van der Waals surface area contributed by atoms with Crippen LogP contribution in [-0.2, 0) is 4.74 Å². The highest BCUT2D eigenvalue weighted by Crippen LogP contribution is 2.17. The van der Waals surface area contributed by atoms with Gasteiger partial charge in [0.1, 0.15) is 8.80 Å². The molecule has 0 bridgehead atoms. The van der Waals surface area contributed by atoms with E-state index in [1.807, 2.05) is 0 Å². The maximum atomic E-state index is 5.93. The third-order valence-corrected chi connectivity index (χ3v) is 3.19. The second kappa shape index (κ2) is 5.39. The van der Waals surface area contributed by atoms with E-state index >= 15 is 0 Å². The first-order valence-electron chi connectivity index (χ1n) is 4.77. The molecule has 13 heavy (non-hydrogen) atoms. The predicted molar refractivity (Wildman–Crippen MR) is 71.3 cm³/mol. The summed E-state index contributed by atoms with van der Waals surface area (Å²) < 4.78 is 6.49. The van der Waals surface area contributed by atoms with Crippen molar-refractivity contribution in [1.29, 1.82) is 0 Å². The third kappa shape index (κ3) is 7.55. The minimum absolute atomic E-state index is 0.0470. The Morgan fingerprint density at radius 2 is 1.85 bits per heavy atom. The zero-order valence-corrected chi connectivity index (χ0v) is 12.8. The highest BCUT2D eigenvalue weighted by atomic mass is 127. The number of rotatable bonds is 3. The molecular weight excluding hydrogens is 291 g/mol. The van der Waals surface area contributed by atoms with Gasteiger partial charge in [-0.1, -0.05) is 35.7 Å². The molecule has 0 N–H and O–H groups in total. The molecule has 0 aliphatic rings. The predicted octanol–water partition coefficient (Wildman–Crippen LogP) is 3.53. The highest BCUT2D eigenvalue weighted by molar-refractivity contribution is 14.1. The van der Waals surface area contributed by atoms with E-state index in [9.17, 15) is 0 Å². The van der Waals surface area contributed by atoms with Crippen LogP contribution in [0.3, 0.4) is 0 Å². The van der Waals surface area contributed by atoms with Gasteiger partial charge < -0.3 is 4.74 Å². The summed E-state index contributed by atoms with van der Waals surface area (Å²) in [6.07, 6.45) is 2.25. The molecule has 78 valence electrons. The van der Waals surface area contributed by atoms with Crippen molar-refractivity contribution in [2.24, 2.45) is 0 Å². The summed E-state index contributed by atoms with van der Waals surface area (Å²) in [5.41, 5.74) is -0.0470. The van der Waals surface area contributed by atoms with E-state index in [0.29, 0.717) is 3.92 Å². The summed E-state index contributed by atoms with van der Waals surface area (Å²) in [6.45, 7) is 13.1. The normalized spacial score (nSPS) is 16.2. The third-order valence-electron chi connectivity index (χ3n) is 1.39. The van der Waals surface area contributed by atoms with Gasteiger partial charge in [-0.15, -0.1) is 0 Å². The molecule has 0 aromatic heterocycles. The van der Waals surface area contributed by atoms with Crippen LogP contribution in [0.2, 0.25) is 13.1 Å². The van der Waals surface area contributed by atoms with Crippen molar-refractivity contribution in [3.8, 4) is 0 Å². The van der Waals surface area contributed by atoms with Crippen molar-refractivity contribution >= 4 is 31.4 Å². The van der Waals surface area contributed by atoms with Crippen LogP contribution in [0.5, 0.6) is 0 Å². The molecule has 0 aromatic rings. The van der Waals surface area contributed by atoms with E-state index in [4.69, 9.17) is 4.74 Å². The zero-order valence-electron chi connectivity index (χ0n) is 9.52. The maximum absolute atomic E-state index is 5.93. The van der Waals surface area contributed by atoms with Gasteiger partial charge in [-0.05, 0) is 33.8 Å². The molecule has 0 aliphatic heterocycles. The van der Waals surface area contributed by atoms with Crippen LogP contribution < -0.4 is 0 Å². The van der Waals surface area contributed by atoms with Crippen molar-refractivity contribution < 1.29 is 4.74 Å². The van der Waals surface area contributed by atoms with Crippen LogP contribution in [0, 0.1) is 0 Å². The topological polar surface area (TPSA) is 9.23 Å². The molecule has 0 unspecified atom stereocenters. The van der Waals surface area contributed by atoms with Gasteiger partial charge in [0.15, 0.2) is 0 Å². The van der Waals surface area contributed by atoms with Crippen molar-refractivity contribution in [3.63, 3.8) is 0 Å². The van der Waals surface area contributed by atoms with Crippen LogP contribution in [0.15, 0.2) is 11.5 Å². The lowest BCUT2D eigenvalue weighted by atomic mass is 10.2. The molecule has 0 saturated heterocycles. The van der Waals surface area contributed by atoms with E-state index in [1.165, 1.54) is 5.38 Å². The first kappa shape index (κ1) is 13.5. The Labute approximate surface area is 97.7 Å². The van der Waals surface area contributed by atoms with E-state index in [-0.39, 0.29) is 5.60 Å². The number of hydrogen-bond acceptors (Lipinski definition) is 1. The Bertz CT molecular complexity index is 180. The fraction of sp³-hybridized carbons (Fsp3) is 0.800. The minimum atomic E-state index is -0.807. The largest absolute Gasteiger partial charge is 0.498 e. The number of halogens is 1. The number of allylic oxidation sites excluding steroid dienone is 1. The Kier molecular flexibility index (Phi) is 5.59. The zero-order chi connectivity index (χ0) is 10.6. The summed E-state index contributed by atoms with van der Waals surface area (Å²) in [4.78, 5) is 0. The highest BCUT2D eigenvalue weighted by Gasteiger charge is 2.16. The Balaban J connectivity index is 4.46. The second-order valence-electron chi connectivity index (χ2n) is 4.62. The summed E-state index contributed by atoms with van der Waals surface area (Å²) in [5.74, 6) is 0. The van der Waals surface area contributed by atoms with Crippen LogP contribution in [0.25, 0.3) is 0 Å². The molecule has 0 aromatic carbocycles. The van der Waals surface area contributed by atoms with Gasteiger partial charge in [0, 0.05) is 3.92 Å². The summed E-state index contributed by atoms with van der Waals surface area (Å²) in [7, 11) is -0.807. The number of ether oxygens (including phenoxy) is 1. The molecule has 0 saturated carbocycles. The van der Waals surface area contributed by atoms with Crippen molar-refractivity contribution in [1.82, 2.24) is 0 Å². The molecule has 0 amide bonds. The van der Waals surface area contributed by atoms with Crippen LogP contribution in [-0.4, -0.2) is 18.3 Å². The Morgan fingerprint density at radius 1 is 1.38 bits per heavy atom. The Morgan fingerprint density at radius 3 is 2.08 bits per heavy atom. The van der Waals surface area contributed by atoms with Crippen molar-refractivity contribution in [3.05, 3.63) is 11.5 Å². The fourth-order valence-corrected chi connectivity index (χ4v) is 2.93. The standard InChI is InChI=1S/C10H21IOSi/c1-8(11)7-9(13(5)6)12-10(2,3)4/h7-8,13H,1-6H3/b9-7+/t8-/m0/s1. The van der Waals surface area contributed by atoms with Gasteiger partial charge in [-0.3, -0.25) is 0 Å². The van der Waals surface area contributed by atoms with Crippen LogP contribution in [0.1, 0.15) is 27.7 Å². The molecule has 1 nitrogen and oxygen atoms in total.